The van der Waals surface area contributed by atoms with Crippen LogP contribution in [-0.4, -0.2) is 19.6 Å². The van der Waals surface area contributed by atoms with Gasteiger partial charge in [0, 0.05) is 36.2 Å². The molecule has 0 radical (unpaired) electrons. The summed E-state index contributed by atoms with van der Waals surface area (Å²) in [7, 11) is 0. The molecule has 12 heteroatoms. The highest BCUT2D eigenvalue weighted by molar-refractivity contribution is 6.31. The number of rotatable bonds is 6. The van der Waals surface area contributed by atoms with E-state index in [-0.39, 0.29) is 45.5 Å². The number of hydrogen-bond donors (Lipinski definition) is 1. The Hall–Kier alpha value is -3.96. The molecular weight excluding hydrogens is 525 g/mol. The van der Waals surface area contributed by atoms with E-state index in [4.69, 9.17) is 16.3 Å². The zero-order valence-corrected chi connectivity index (χ0v) is 21.5. The van der Waals surface area contributed by atoms with Gasteiger partial charge in [-0.15, -0.1) is 0 Å². The van der Waals surface area contributed by atoms with Crippen LogP contribution in [0.1, 0.15) is 36.5 Å². The van der Waals surface area contributed by atoms with Gasteiger partial charge in [0.2, 0.25) is 11.4 Å². The average Bonchev–Trinajstić information content (AvgIpc) is 2.83. The molecule has 4 aromatic rings. The molecule has 0 aliphatic heterocycles. The summed E-state index contributed by atoms with van der Waals surface area (Å²) in [5, 5.41) is 22.8. The van der Waals surface area contributed by atoms with Gasteiger partial charge in [-0.2, -0.15) is 4.73 Å². The summed E-state index contributed by atoms with van der Waals surface area (Å²) in [6, 6.07) is 6.23. The number of aryl methyl sites for hydroxylation is 2. The molecule has 0 aliphatic carbocycles. The van der Waals surface area contributed by atoms with Crippen molar-refractivity contribution in [2.45, 2.75) is 39.9 Å². The Balaban J connectivity index is 1.80. The molecule has 0 unspecified atom stereocenters. The summed E-state index contributed by atoms with van der Waals surface area (Å²) in [6.45, 7) is 5.42. The average molecular weight is 547 g/mol. The molecule has 4 heterocycles. The van der Waals surface area contributed by atoms with Crippen LogP contribution in [0.2, 0.25) is 5.02 Å². The number of halogens is 4. The summed E-state index contributed by atoms with van der Waals surface area (Å²) < 4.78 is 49.8. The van der Waals surface area contributed by atoms with Crippen molar-refractivity contribution in [3.05, 3.63) is 103 Å². The van der Waals surface area contributed by atoms with Crippen LogP contribution in [0.15, 0.2) is 47.5 Å². The summed E-state index contributed by atoms with van der Waals surface area (Å²) >= 11 is 6.26. The fourth-order valence-corrected chi connectivity index (χ4v) is 4.09. The molecule has 1 N–H and O–H groups in total. The first kappa shape index (κ1) is 27.1. The fraction of sp³-hybridized carbons (Fsp3) is 0.231. The first-order valence-corrected chi connectivity index (χ1v) is 11.6. The van der Waals surface area contributed by atoms with Crippen LogP contribution < -0.4 is 15.0 Å². The standard InChI is InChI=1S/C26H22ClF3N4O4/c1-13-10-32-23(18-6-5-7-20(34(18)37)26(3,4)36)22(30)24(13)33-14(2)8-19(21(27)25(33)35)38-12-17-16(29)9-15(28)11-31-17/h5-11,36H,12H2,1-4H3. The highest BCUT2D eigenvalue weighted by atomic mass is 35.5. The van der Waals surface area contributed by atoms with E-state index in [2.05, 4.69) is 9.97 Å². The first-order valence-electron chi connectivity index (χ1n) is 11.3. The minimum absolute atomic E-state index is 0.0247. The van der Waals surface area contributed by atoms with Gasteiger partial charge in [-0.1, -0.05) is 11.6 Å². The molecule has 0 saturated carbocycles. The normalized spacial score (nSPS) is 11.6. The molecule has 0 amide bonds. The number of hydrogen-bond acceptors (Lipinski definition) is 6. The third-order valence-corrected chi connectivity index (χ3v) is 6.11. The Labute approximate surface area is 220 Å². The van der Waals surface area contributed by atoms with Crippen molar-refractivity contribution < 1.29 is 27.7 Å². The number of aliphatic hydroxyl groups is 1. The van der Waals surface area contributed by atoms with Gasteiger partial charge < -0.3 is 15.1 Å². The maximum atomic E-state index is 16.0. The lowest BCUT2D eigenvalue weighted by molar-refractivity contribution is -0.611. The lowest BCUT2D eigenvalue weighted by Crippen LogP contribution is -2.41. The molecule has 8 nitrogen and oxygen atoms in total. The molecule has 0 spiro atoms. The highest BCUT2D eigenvalue weighted by Crippen LogP contribution is 2.30. The third kappa shape index (κ3) is 4.94. The monoisotopic (exact) mass is 546 g/mol. The maximum absolute atomic E-state index is 16.0. The molecule has 38 heavy (non-hydrogen) atoms. The topological polar surface area (TPSA) is 104 Å². The van der Waals surface area contributed by atoms with Gasteiger partial charge in [-0.3, -0.25) is 14.3 Å². The van der Waals surface area contributed by atoms with Crippen molar-refractivity contribution in [2.24, 2.45) is 0 Å². The second-order valence-corrected chi connectivity index (χ2v) is 9.46. The van der Waals surface area contributed by atoms with Crippen molar-refractivity contribution in [3.8, 4) is 22.8 Å². The van der Waals surface area contributed by atoms with Crippen LogP contribution >= 0.6 is 11.6 Å². The predicted octanol–water partition coefficient (Wildman–Crippen LogP) is 4.42. The van der Waals surface area contributed by atoms with Gasteiger partial charge in [0.25, 0.3) is 5.56 Å². The molecule has 4 rings (SSSR count). The zero-order chi connectivity index (χ0) is 27.9. The minimum Gasteiger partial charge on any atom is -0.618 e. The second-order valence-electron chi connectivity index (χ2n) is 9.08. The summed E-state index contributed by atoms with van der Waals surface area (Å²) in [6.07, 6.45) is 2.12. The van der Waals surface area contributed by atoms with Crippen molar-refractivity contribution in [3.63, 3.8) is 0 Å². The zero-order valence-electron chi connectivity index (χ0n) is 20.7. The summed E-state index contributed by atoms with van der Waals surface area (Å²) in [5.41, 5.74) is -2.80. The van der Waals surface area contributed by atoms with Crippen LogP contribution in [-0.2, 0) is 12.2 Å². The van der Waals surface area contributed by atoms with Crippen molar-refractivity contribution in [1.82, 2.24) is 14.5 Å². The van der Waals surface area contributed by atoms with Gasteiger partial charge in [-0.05, 0) is 39.3 Å². The molecule has 0 saturated heterocycles. The van der Waals surface area contributed by atoms with E-state index >= 15 is 4.39 Å². The minimum atomic E-state index is -1.51. The fourth-order valence-electron chi connectivity index (χ4n) is 3.90. The Morgan fingerprint density at radius 3 is 2.53 bits per heavy atom. The molecule has 0 fully saturated rings. The van der Waals surface area contributed by atoms with Crippen LogP contribution in [0.5, 0.6) is 5.75 Å². The number of pyridine rings is 4. The van der Waals surface area contributed by atoms with Crippen molar-refractivity contribution in [1.29, 1.82) is 0 Å². The smallest absolute Gasteiger partial charge is 0.278 e. The van der Waals surface area contributed by atoms with E-state index in [1.807, 2.05) is 0 Å². The van der Waals surface area contributed by atoms with Gasteiger partial charge in [0.15, 0.2) is 17.3 Å². The summed E-state index contributed by atoms with van der Waals surface area (Å²) in [4.78, 5) is 21.0. The van der Waals surface area contributed by atoms with Crippen LogP contribution in [0.3, 0.4) is 0 Å². The SMILES string of the molecule is Cc1cnc(-c2cccc(C(C)(C)O)[n+]2[O-])c(F)c1-n1c(C)cc(OCc2ncc(F)cc2F)c(Cl)c1=O. The van der Waals surface area contributed by atoms with E-state index in [9.17, 15) is 23.9 Å². The molecule has 0 bridgehead atoms. The van der Waals surface area contributed by atoms with E-state index in [0.29, 0.717) is 10.8 Å². The first-order chi connectivity index (χ1) is 17.8. The number of nitrogens with zero attached hydrogens (tertiary/aromatic N) is 4. The van der Waals surface area contributed by atoms with Gasteiger partial charge >= 0.3 is 0 Å². The highest BCUT2D eigenvalue weighted by Gasteiger charge is 2.30. The Morgan fingerprint density at radius 1 is 1.16 bits per heavy atom. The number of aromatic nitrogens is 4. The van der Waals surface area contributed by atoms with E-state index in [0.717, 1.165) is 10.8 Å². The van der Waals surface area contributed by atoms with Gasteiger partial charge in [-0.25, -0.2) is 18.2 Å². The van der Waals surface area contributed by atoms with Crippen LogP contribution in [0, 0.1) is 36.5 Å². The molecule has 0 aromatic carbocycles. The lowest BCUT2D eigenvalue weighted by Gasteiger charge is -2.19. The van der Waals surface area contributed by atoms with Gasteiger partial charge in [0.05, 0.1) is 11.9 Å². The third-order valence-electron chi connectivity index (χ3n) is 5.76. The number of ether oxygens (including phenoxy) is 1. The van der Waals surface area contributed by atoms with E-state index < -0.39 is 40.2 Å². The predicted molar refractivity (Wildman–Crippen MR) is 132 cm³/mol. The van der Waals surface area contributed by atoms with E-state index in [1.54, 1.807) is 0 Å². The Bertz CT molecular complexity index is 1620. The Morgan fingerprint density at radius 2 is 1.87 bits per heavy atom. The van der Waals surface area contributed by atoms with Gasteiger partial charge in [0.1, 0.15) is 34.5 Å². The molecule has 4 aromatic heterocycles. The quantitative estimate of drug-likeness (QED) is 0.283. The second kappa shape index (κ2) is 10.1. The largest absolute Gasteiger partial charge is 0.618 e. The van der Waals surface area contributed by atoms with E-state index in [1.165, 1.54) is 58.2 Å². The molecule has 0 atom stereocenters. The molecule has 0 aliphatic rings. The molecule has 198 valence electrons. The molecular formula is C26H22ClF3N4O4. The van der Waals surface area contributed by atoms with Crippen LogP contribution in [0.25, 0.3) is 17.1 Å². The lowest BCUT2D eigenvalue weighted by atomic mass is 10.0. The summed E-state index contributed by atoms with van der Waals surface area (Å²) in [5.74, 6) is -2.86. The van der Waals surface area contributed by atoms with Crippen molar-refractivity contribution in [2.75, 3.05) is 0 Å². The Kier molecular flexibility index (Phi) is 7.18. The van der Waals surface area contributed by atoms with Crippen LogP contribution in [0.4, 0.5) is 13.2 Å². The maximum Gasteiger partial charge on any atom is 0.278 e. The van der Waals surface area contributed by atoms with Crippen molar-refractivity contribution >= 4 is 11.6 Å².